The number of piperidine rings is 1. The molecule has 2 aromatic carbocycles. The maximum atomic E-state index is 13.1. The summed E-state index contributed by atoms with van der Waals surface area (Å²) in [7, 11) is 0. The van der Waals surface area contributed by atoms with Crippen molar-refractivity contribution in [2.75, 3.05) is 18.4 Å². The number of nitrogens with zero attached hydrogens (tertiary/aromatic N) is 2. The van der Waals surface area contributed by atoms with Gasteiger partial charge in [-0.25, -0.2) is 9.78 Å². The summed E-state index contributed by atoms with van der Waals surface area (Å²) in [6.45, 7) is 1.01. The fraction of sp³-hybridized carbons (Fsp3) is 0.300. The number of benzene rings is 2. The molecule has 1 aliphatic rings. The largest absolute Gasteiger partial charge is 0.418 e. The molecule has 0 spiro atoms. The monoisotopic (exact) mass is 437 g/mol. The molecular weight excluding hydrogens is 419 g/mol. The molecule has 0 bridgehead atoms. The first-order valence-corrected chi connectivity index (χ1v) is 10.8. The van der Waals surface area contributed by atoms with Crippen LogP contribution in [0.3, 0.4) is 0 Å². The first kappa shape index (κ1) is 20.0. The summed E-state index contributed by atoms with van der Waals surface area (Å²) in [6, 6.07) is 12.5. The van der Waals surface area contributed by atoms with E-state index in [0.29, 0.717) is 18.3 Å². The minimum Gasteiger partial charge on any atom is -0.324 e. The van der Waals surface area contributed by atoms with Crippen LogP contribution in [0.1, 0.15) is 18.4 Å². The van der Waals surface area contributed by atoms with Crippen molar-refractivity contribution in [1.29, 1.82) is 0 Å². The second-order valence-corrected chi connectivity index (χ2v) is 9.30. The van der Waals surface area contributed by atoms with Gasteiger partial charge >= 0.3 is 12.2 Å². The highest BCUT2D eigenvalue weighted by atomic mass is 32.2. The second kappa shape index (κ2) is 8.23. The number of halogens is 3. The van der Waals surface area contributed by atoms with Crippen LogP contribution in [0, 0.1) is 0 Å². The summed E-state index contributed by atoms with van der Waals surface area (Å²) >= 11 is 3.37. The number of nitrogens with one attached hydrogen (secondary N) is 1. The molecule has 1 saturated heterocycles. The van der Waals surface area contributed by atoms with E-state index in [9.17, 15) is 18.0 Å². The van der Waals surface area contributed by atoms with Crippen molar-refractivity contribution in [3.8, 4) is 0 Å². The number of carbonyl (C=O) groups excluding carboxylic acids is 1. The molecule has 29 heavy (non-hydrogen) atoms. The van der Waals surface area contributed by atoms with Crippen molar-refractivity contribution >= 4 is 45.0 Å². The number of likely N-dealkylation sites (tertiary alicyclic amines) is 1. The third-order valence-corrected chi connectivity index (χ3v) is 7.21. The third-order valence-electron chi connectivity index (χ3n) is 4.75. The van der Waals surface area contributed by atoms with Gasteiger partial charge in [0, 0.05) is 18.3 Å². The van der Waals surface area contributed by atoms with E-state index in [4.69, 9.17) is 0 Å². The number of hydrogen-bond donors (Lipinski definition) is 1. The van der Waals surface area contributed by atoms with Crippen LogP contribution in [0.25, 0.3) is 10.2 Å². The standard InChI is InChI=1S/C20H18F3N3OS2/c21-20(22,23)14-5-1-2-6-15(14)24-18(27)26-11-9-13(10-12-26)28-19-25-16-7-3-4-8-17(16)29-19/h1-8,13H,9-12H2,(H,24,27). The molecule has 0 aliphatic carbocycles. The number of fused-ring (bicyclic) bond motifs is 1. The van der Waals surface area contributed by atoms with Gasteiger partial charge in [0.15, 0.2) is 4.34 Å². The number of anilines is 1. The molecule has 1 aromatic heterocycles. The van der Waals surface area contributed by atoms with E-state index in [2.05, 4.69) is 10.3 Å². The Balaban J connectivity index is 1.34. The zero-order valence-corrected chi connectivity index (χ0v) is 16.9. The van der Waals surface area contributed by atoms with Gasteiger partial charge in [-0.05, 0) is 37.1 Å². The SMILES string of the molecule is O=C(Nc1ccccc1C(F)(F)F)N1CCC(Sc2nc3ccccc3s2)CC1. The number of hydrogen-bond acceptors (Lipinski definition) is 4. The average Bonchev–Trinajstić information content (AvgIpc) is 3.10. The highest BCUT2D eigenvalue weighted by Crippen LogP contribution is 2.37. The fourth-order valence-electron chi connectivity index (χ4n) is 3.25. The van der Waals surface area contributed by atoms with Gasteiger partial charge in [0.2, 0.25) is 0 Å². The number of alkyl halides is 3. The van der Waals surface area contributed by atoms with Crippen LogP contribution in [0.5, 0.6) is 0 Å². The summed E-state index contributed by atoms with van der Waals surface area (Å²) in [4.78, 5) is 18.7. The molecular formula is C20H18F3N3OS2. The summed E-state index contributed by atoms with van der Waals surface area (Å²) < 4.78 is 41.5. The van der Waals surface area contributed by atoms with Gasteiger partial charge in [0.05, 0.1) is 21.5 Å². The fourth-order valence-corrected chi connectivity index (χ4v) is 5.70. The molecule has 0 atom stereocenters. The smallest absolute Gasteiger partial charge is 0.324 e. The number of rotatable bonds is 3. The van der Waals surface area contributed by atoms with Crippen LogP contribution < -0.4 is 5.32 Å². The van der Waals surface area contributed by atoms with Crippen LogP contribution in [0.15, 0.2) is 52.9 Å². The Kier molecular flexibility index (Phi) is 5.69. The molecule has 0 radical (unpaired) electrons. The number of urea groups is 1. The van der Waals surface area contributed by atoms with Crippen molar-refractivity contribution in [2.45, 2.75) is 28.6 Å². The Labute approximate surface area is 174 Å². The van der Waals surface area contributed by atoms with Gasteiger partial charge in [0.25, 0.3) is 0 Å². The first-order chi connectivity index (χ1) is 13.9. The lowest BCUT2D eigenvalue weighted by atomic mass is 10.1. The zero-order valence-electron chi connectivity index (χ0n) is 15.3. The molecule has 2 amide bonds. The molecule has 1 aliphatic heterocycles. The Morgan fingerprint density at radius 1 is 1.10 bits per heavy atom. The van der Waals surface area contributed by atoms with Crippen molar-refractivity contribution in [3.05, 3.63) is 54.1 Å². The third kappa shape index (κ3) is 4.67. The number of carbonyl (C=O) groups is 1. The van der Waals surface area contributed by atoms with Crippen LogP contribution >= 0.6 is 23.1 Å². The van der Waals surface area contributed by atoms with Crippen molar-refractivity contribution in [2.24, 2.45) is 0 Å². The molecule has 9 heteroatoms. The maximum Gasteiger partial charge on any atom is 0.418 e. The van der Waals surface area contributed by atoms with Crippen molar-refractivity contribution < 1.29 is 18.0 Å². The number of amides is 2. The van der Waals surface area contributed by atoms with E-state index in [1.807, 2.05) is 24.3 Å². The molecule has 152 valence electrons. The molecule has 1 fully saturated rings. The molecule has 2 heterocycles. The number of para-hydroxylation sites is 2. The minimum atomic E-state index is -4.51. The highest BCUT2D eigenvalue weighted by molar-refractivity contribution is 8.01. The summed E-state index contributed by atoms with van der Waals surface area (Å²) in [5.74, 6) is 0. The van der Waals surface area contributed by atoms with Crippen LogP contribution in [-0.2, 0) is 6.18 Å². The highest BCUT2D eigenvalue weighted by Gasteiger charge is 2.34. The average molecular weight is 438 g/mol. The van der Waals surface area contributed by atoms with Crippen molar-refractivity contribution in [1.82, 2.24) is 9.88 Å². The summed E-state index contributed by atoms with van der Waals surface area (Å²) in [5, 5.41) is 2.75. The van der Waals surface area contributed by atoms with Gasteiger partial charge in [-0.15, -0.1) is 11.3 Å². The lowest BCUT2D eigenvalue weighted by molar-refractivity contribution is -0.136. The molecule has 3 aromatic rings. The quantitative estimate of drug-likeness (QED) is 0.538. The second-order valence-electron chi connectivity index (χ2n) is 6.73. The lowest BCUT2D eigenvalue weighted by Gasteiger charge is -2.31. The van der Waals surface area contributed by atoms with E-state index < -0.39 is 17.8 Å². The molecule has 1 N–H and O–H groups in total. The minimum absolute atomic E-state index is 0.212. The topological polar surface area (TPSA) is 45.2 Å². The van der Waals surface area contributed by atoms with Gasteiger partial charge in [-0.2, -0.15) is 13.2 Å². The van der Waals surface area contributed by atoms with Crippen molar-refractivity contribution in [3.63, 3.8) is 0 Å². The number of aromatic nitrogens is 1. The Morgan fingerprint density at radius 3 is 2.52 bits per heavy atom. The van der Waals surface area contributed by atoms with Crippen LogP contribution in [0.4, 0.5) is 23.7 Å². The maximum absolute atomic E-state index is 13.1. The van der Waals surface area contributed by atoms with Crippen LogP contribution in [-0.4, -0.2) is 34.3 Å². The van der Waals surface area contributed by atoms with Gasteiger partial charge < -0.3 is 10.2 Å². The molecule has 0 saturated carbocycles. The summed E-state index contributed by atoms with van der Waals surface area (Å²) in [5.41, 5.74) is -0.0641. The van der Waals surface area contributed by atoms with Crippen LogP contribution in [0.2, 0.25) is 0 Å². The summed E-state index contributed by atoms with van der Waals surface area (Å²) in [6.07, 6.45) is -2.96. The Hall–Kier alpha value is -2.26. The predicted molar refractivity (Wildman–Crippen MR) is 111 cm³/mol. The lowest BCUT2D eigenvalue weighted by Crippen LogP contribution is -2.42. The van der Waals surface area contributed by atoms with E-state index in [1.165, 1.54) is 18.2 Å². The molecule has 4 rings (SSSR count). The van der Waals surface area contributed by atoms with Gasteiger partial charge in [0.1, 0.15) is 0 Å². The van der Waals surface area contributed by atoms with Gasteiger partial charge in [-0.1, -0.05) is 36.0 Å². The Bertz CT molecular complexity index is 980. The zero-order chi connectivity index (χ0) is 20.4. The van der Waals surface area contributed by atoms with E-state index in [0.717, 1.165) is 33.5 Å². The normalized spacial score (nSPS) is 15.6. The number of thioether (sulfide) groups is 1. The van der Waals surface area contributed by atoms with E-state index in [-0.39, 0.29) is 5.69 Å². The van der Waals surface area contributed by atoms with E-state index in [1.54, 1.807) is 28.0 Å². The molecule has 0 unspecified atom stereocenters. The van der Waals surface area contributed by atoms with E-state index >= 15 is 0 Å². The van der Waals surface area contributed by atoms with Gasteiger partial charge in [-0.3, -0.25) is 0 Å². The predicted octanol–water partition coefficient (Wildman–Crippen LogP) is 6.10. The molecule has 4 nitrogen and oxygen atoms in total. The first-order valence-electron chi connectivity index (χ1n) is 9.14. The Morgan fingerprint density at radius 2 is 1.79 bits per heavy atom. The number of thiazole rings is 1.